The first-order chi connectivity index (χ1) is 11.3. The highest BCUT2D eigenvalue weighted by molar-refractivity contribution is 5.80. The summed E-state index contributed by atoms with van der Waals surface area (Å²) in [6, 6.07) is 10.2. The molecule has 0 fully saturated rings. The molecule has 0 saturated heterocycles. The van der Waals surface area contributed by atoms with Crippen molar-refractivity contribution in [1.29, 1.82) is 0 Å². The zero-order chi connectivity index (χ0) is 16.3. The second-order valence-corrected chi connectivity index (χ2v) is 5.24. The van der Waals surface area contributed by atoms with E-state index in [-0.39, 0.29) is 0 Å². The highest BCUT2D eigenvalue weighted by Gasteiger charge is 2.03. The van der Waals surface area contributed by atoms with Crippen molar-refractivity contribution in [3.05, 3.63) is 36.1 Å². The third-order valence-corrected chi connectivity index (χ3v) is 3.41. The molecular weight excluding hydrogens is 290 g/mol. The van der Waals surface area contributed by atoms with Crippen LogP contribution in [0, 0.1) is 0 Å². The van der Waals surface area contributed by atoms with Gasteiger partial charge in [0.15, 0.2) is 5.96 Å². The van der Waals surface area contributed by atoms with Crippen molar-refractivity contribution < 1.29 is 9.15 Å². The second kappa shape index (κ2) is 9.90. The third-order valence-electron chi connectivity index (χ3n) is 3.41. The summed E-state index contributed by atoms with van der Waals surface area (Å²) in [7, 11) is 0. The maximum absolute atomic E-state index is 5.82. The topological polar surface area (TPSA) is 58.8 Å². The van der Waals surface area contributed by atoms with Crippen LogP contribution in [0.5, 0.6) is 0 Å². The van der Waals surface area contributed by atoms with Crippen LogP contribution in [0.25, 0.3) is 11.0 Å². The molecule has 2 rings (SSSR count). The number of nitrogens with zero attached hydrogens (tertiary/aromatic N) is 1. The number of nitrogens with one attached hydrogen (secondary N) is 2. The zero-order valence-electron chi connectivity index (χ0n) is 14.1. The van der Waals surface area contributed by atoms with Gasteiger partial charge in [-0.25, -0.2) is 0 Å². The first-order valence-corrected chi connectivity index (χ1v) is 8.41. The number of hydrogen-bond acceptors (Lipinski definition) is 3. The first-order valence-electron chi connectivity index (χ1n) is 8.41. The summed E-state index contributed by atoms with van der Waals surface area (Å²) in [4.78, 5) is 4.54. The molecule has 0 aliphatic rings. The SMILES string of the molecule is CCNC(=NCCCOCC)NCCc1cc2ccccc2o1. The van der Waals surface area contributed by atoms with Gasteiger partial charge in [-0.1, -0.05) is 18.2 Å². The monoisotopic (exact) mass is 317 g/mol. The van der Waals surface area contributed by atoms with E-state index in [1.54, 1.807) is 0 Å². The highest BCUT2D eigenvalue weighted by atomic mass is 16.5. The number of fused-ring (bicyclic) bond motifs is 1. The average molecular weight is 317 g/mol. The normalized spacial score (nSPS) is 11.8. The summed E-state index contributed by atoms with van der Waals surface area (Å²) >= 11 is 0. The molecule has 0 radical (unpaired) electrons. The van der Waals surface area contributed by atoms with Crippen LogP contribution in [-0.4, -0.2) is 38.8 Å². The molecule has 2 aromatic rings. The number of aliphatic imine (C=N–C) groups is 1. The van der Waals surface area contributed by atoms with E-state index in [1.807, 2.05) is 25.1 Å². The maximum atomic E-state index is 5.82. The van der Waals surface area contributed by atoms with Crippen molar-refractivity contribution >= 4 is 16.9 Å². The van der Waals surface area contributed by atoms with Crippen LogP contribution in [0.4, 0.5) is 0 Å². The Morgan fingerprint density at radius 3 is 2.87 bits per heavy atom. The molecule has 1 aromatic heterocycles. The average Bonchev–Trinajstić information content (AvgIpc) is 2.97. The Kier molecular flexibility index (Phi) is 7.46. The minimum atomic E-state index is 0.762. The van der Waals surface area contributed by atoms with Gasteiger partial charge in [-0.05, 0) is 32.4 Å². The van der Waals surface area contributed by atoms with Crippen LogP contribution in [0.15, 0.2) is 39.7 Å². The van der Waals surface area contributed by atoms with E-state index in [1.165, 1.54) is 0 Å². The summed E-state index contributed by atoms with van der Waals surface area (Å²) in [5, 5.41) is 7.75. The minimum absolute atomic E-state index is 0.762. The molecule has 1 heterocycles. The Bertz CT molecular complexity index is 574. The molecule has 23 heavy (non-hydrogen) atoms. The van der Waals surface area contributed by atoms with Crippen molar-refractivity contribution in [3.8, 4) is 0 Å². The van der Waals surface area contributed by atoms with Gasteiger partial charge in [0, 0.05) is 44.7 Å². The van der Waals surface area contributed by atoms with E-state index in [9.17, 15) is 0 Å². The lowest BCUT2D eigenvalue weighted by atomic mass is 10.2. The first kappa shape index (κ1) is 17.3. The summed E-state index contributed by atoms with van der Waals surface area (Å²) in [5.41, 5.74) is 0.944. The Morgan fingerprint density at radius 1 is 1.22 bits per heavy atom. The Balaban J connectivity index is 1.77. The van der Waals surface area contributed by atoms with E-state index in [4.69, 9.17) is 9.15 Å². The molecule has 126 valence electrons. The highest BCUT2D eigenvalue weighted by Crippen LogP contribution is 2.18. The lowest BCUT2D eigenvalue weighted by Gasteiger charge is -2.10. The van der Waals surface area contributed by atoms with E-state index in [0.717, 1.165) is 68.4 Å². The van der Waals surface area contributed by atoms with Crippen LogP contribution in [-0.2, 0) is 11.2 Å². The fraction of sp³-hybridized carbons (Fsp3) is 0.500. The molecule has 0 aliphatic heterocycles. The van der Waals surface area contributed by atoms with Gasteiger partial charge < -0.3 is 19.8 Å². The molecular formula is C18H27N3O2. The minimum Gasteiger partial charge on any atom is -0.461 e. The Labute approximate surface area is 138 Å². The van der Waals surface area contributed by atoms with Crippen LogP contribution in [0.1, 0.15) is 26.0 Å². The van der Waals surface area contributed by atoms with Crippen molar-refractivity contribution in [3.63, 3.8) is 0 Å². The third kappa shape index (κ3) is 5.94. The predicted molar refractivity (Wildman–Crippen MR) is 95.0 cm³/mol. The quantitative estimate of drug-likeness (QED) is 0.424. The summed E-state index contributed by atoms with van der Waals surface area (Å²) < 4.78 is 11.1. The molecule has 0 unspecified atom stereocenters. The molecule has 1 aromatic carbocycles. The number of hydrogen-bond donors (Lipinski definition) is 2. The smallest absolute Gasteiger partial charge is 0.191 e. The summed E-state index contributed by atoms with van der Waals surface area (Å²) in [5.74, 6) is 1.84. The molecule has 0 saturated carbocycles. The van der Waals surface area contributed by atoms with Gasteiger partial charge in [-0.3, -0.25) is 4.99 Å². The van der Waals surface area contributed by atoms with E-state index >= 15 is 0 Å². The van der Waals surface area contributed by atoms with Gasteiger partial charge in [-0.2, -0.15) is 0 Å². The molecule has 0 spiro atoms. The van der Waals surface area contributed by atoms with Gasteiger partial charge >= 0.3 is 0 Å². The Morgan fingerprint density at radius 2 is 2.09 bits per heavy atom. The fourth-order valence-electron chi connectivity index (χ4n) is 2.31. The second-order valence-electron chi connectivity index (χ2n) is 5.24. The van der Waals surface area contributed by atoms with E-state index in [2.05, 4.69) is 34.7 Å². The van der Waals surface area contributed by atoms with Gasteiger partial charge in [0.2, 0.25) is 0 Å². The number of rotatable bonds is 9. The lowest BCUT2D eigenvalue weighted by molar-refractivity contribution is 0.146. The van der Waals surface area contributed by atoms with Gasteiger partial charge in [-0.15, -0.1) is 0 Å². The van der Waals surface area contributed by atoms with Gasteiger partial charge in [0.05, 0.1) is 0 Å². The number of benzene rings is 1. The number of furan rings is 1. The largest absolute Gasteiger partial charge is 0.461 e. The van der Waals surface area contributed by atoms with Crippen LogP contribution in [0.2, 0.25) is 0 Å². The van der Waals surface area contributed by atoms with Crippen LogP contribution >= 0.6 is 0 Å². The van der Waals surface area contributed by atoms with Crippen LogP contribution in [0.3, 0.4) is 0 Å². The number of para-hydroxylation sites is 1. The number of ether oxygens (including phenoxy) is 1. The van der Waals surface area contributed by atoms with Gasteiger partial charge in [0.1, 0.15) is 11.3 Å². The predicted octanol–water partition coefficient (Wildman–Crippen LogP) is 2.96. The standard InChI is InChI=1S/C18H27N3O2/c1-3-19-18(20-11-7-13-22-4-2)21-12-10-16-14-15-8-5-6-9-17(15)23-16/h5-6,8-9,14H,3-4,7,10-13H2,1-2H3,(H2,19,20,21). The van der Waals surface area contributed by atoms with Crippen LogP contribution < -0.4 is 10.6 Å². The van der Waals surface area contributed by atoms with Crippen molar-refractivity contribution in [2.45, 2.75) is 26.7 Å². The fourth-order valence-corrected chi connectivity index (χ4v) is 2.31. The molecule has 0 aliphatic carbocycles. The molecule has 5 nitrogen and oxygen atoms in total. The molecule has 0 amide bonds. The molecule has 5 heteroatoms. The van der Waals surface area contributed by atoms with Crippen molar-refractivity contribution in [2.75, 3.05) is 32.8 Å². The van der Waals surface area contributed by atoms with E-state index in [0.29, 0.717) is 0 Å². The zero-order valence-corrected chi connectivity index (χ0v) is 14.1. The lowest BCUT2D eigenvalue weighted by Crippen LogP contribution is -2.38. The molecule has 0 atom stereocenters. The number of guanidine groups is 1. The van der Waals surface area contributed by atoms with E-state index < -0.39 is 0 Å². The summed E-state index contributed by atoms with van der Waals surface area (Å²) in [6.07, 6.45) is 1.77. The van der Waals surface area contributed by atoms with Gasteiger partial charge in [0.25, 0.3) is 0 Å². The molecule has 2 N–H and O–H groups in total. The summed E-state index contributed by atoms with van der Waals surface area (Å²) in [6.45, 7) is 8.00. The molecule has 0 bridgehead atoms. The Hall–Kier alpha value is -2.01. The van der Waals surface area contributed by atoms with Crippen molar-refractivity contribution in [2.24, 2.45) is 4.99 Å². The van der Waals surface area contributed by atoms with Crippen molar-refractivity contribution in [1.82, 2.24) is 10.6 Å². The maximum Gasteiger partial charge on any atom is 0.191 e.